The number of hydrogen-bond donors (Lipinski definition) is 1. The van der Waals surface area contributed by atoms with Gasteiger partial charge in [0.2, 0.25) is 0 Å². The molecule has 0 fully saturated rings. The Bertz CT molecular complexity index is 319. The van der Waals surface area contributed by atoms with Crippen molar-refractivity contribution in [2.45, 2.75) is 71.3 Å². The van der Waals surface area contributed by atoms with Crippen LogP contribution in [0.4, 0.5) is 0 Å². The number of aliphatic hydroxyl groups excluding tert-OH is 1. The summed E-state index contributed by atoms with van der Waals surface area (Å²) in [5.74, 6) is 0. The molecule has 1 unspecified atom stereocenters. The van der Waals surface area contributed by atoms with Gasteiger partial charge in [-0.2, -0.15) is 0 Å². The molecule has 0 aliphatic rings. The normalized spacial score (nSPS) is 12.6. The van der Waals surface area contributed by atoms with E-state index >= 15 is 0 Å². The SMILES string of the molecule is CCCCCc1ccccc1C(O)CCCCC. The fourth-order valence-electron chi connectivity index (χ4n) is 2.40. The van der Waals surface area contributed by atoms with Gasteiger partial charge in [-0.05, 0) is 30.4 Å². The Morgan fingerprint density at radius 3 is 2.33 bits per heavy atom. The molecule has 1 rings (SSSR count). The molecule has 1 aromatic rings. The molecule has 0 aliphatic heterocycles. The molecule has 0 bridgehead atoms. The van der Waals surface area contributed by atoms with E-state index in [9.17, 15) is 5.11 Å². The first-order valence-electron chi connectivity index (χ1n) is 7.55. The summed E-state index contributed by atoms with van der Waals surface area (Å²) < 4.78 is 0. The highest BCUT2D eigenvalue weighted by Crippen LogP contribution is 2.24. The van der Waals surface area contributed by atoms with Crippen molar-refractivity contribution >= 4 is 0 Å². The maximum Gasteiger partial charge on any atom is 0.0792 e. The predicted molar refractivity (Wildman–Crippen MR) is 78.8 cm³/mol. The summed E-state index contributed by atoms with van der Waals surface area (Å²) in [5, 5.41) is 10.3. The van der Waals surface area contributed by atoms with Crippen LogP contribution >= 0.6 is 0 Å². The lowest BCUT2D eigenvalue weighted by atomic mass is 9.95. The van der Waals surface area contributed by atoms with Gasteiger partial charge >= 0.3 is 0 Å². The summed E-state index contributed by atoms with van der Waals surface area (Å²) >= 11 is 0. The maximum absolute atomic E-state index is 10.3. The van der Waals surface area contributed by atoms with E-state index in [4.69, 9.17) is 0 Å². The summed E-state index contributed by atoms with van der Waals surface area (Å²) in [6.07, 6.45) is 9.06. The molecule has 0 spiro atoms. The lowest BCUT2D eigenvalue weighted by molar-refractivity contribution is 0.162. The molecule has 1 heteroatoms. The van der Waals surface area contributed by atoms with Gasteiger partial charge in [0.1, 0.15) is 0 Å². The number of benzene rings is 1. The molecule has 0 saturated carbocycles. The monoisotopic (exact) mass is 248 g/mol. The lowest BCUT2D eigenvalue weighted by Crippen LogP contribution is -2.02. The second-order valence-corrected chi connectivity index (χ2v) is 5.17. The number of aliphatic hydroxyl groups is 1. The standard InChI is InChI=1S/C17H28O/c1-3-5-7-11-15-12-9-10-13-16(15)17(18)14-8-6-4-2/h9-10,12-13,17-18H,3-8,11,14H2,1-2H3. The molecule has 1 N–H and O–H groups in total. The van der Waals surface area contributed by atoms with E-state index in [1.54, 1.807) is 0 Å². The highest BCUT2D eigenvalue weighted by molar-refractivity contribution is 5.29. The van der Waals surface area contributed by atoms with Crippen LogP contribution < -0.4 is 0 Å². The van der Waals surface area contributed by atoms with E-state index in [1.807, 2.05) is 6.07 Å². The van der Waals surface area contributed by atoms with Gasteiger partial charge in [-0.1, -0.05) is 70.2 Å². The van der Waals surface area contributed by atoms with E-state index in [0.717, 1.165) is 24.8 Å². The quantitative estimate of drug-likeness (QED) is 0.607. The summed E-state index contributed by atoms with van der Waals surface area (Å²) in [6.45, 7) is 4.43. The predicted octanol–water partition coefficient (Wildman–Crippen LogP) is 5.03. The van der Waals surface area contributed by atoms with E-state index in [-0.39, 0.29) is 6.10 Å². The second-order valence-electron chi connectivity index (χ2n) is 5.17. The Morgan fingerprint density at radius 2 is 1.61 bits per heavy atom. The summed E-state index contributed by atoms with van der Waals surface area (Å²) in [4.78, 5) is 0. The van der Waals surface area contributed by atoms with Crippen LogP contribution in [0.3, 0.4) is 0 Å². The number of rotatable bonds is 9. The van der Waals surface area contributed by atoms with Crippen LogP contribution in [0.5, 0.6) is 0 Å². The second kappa shape index (κ2) is 9.16. The first-order chi connectivity index (χ1) is 8.79. The van der Waals surface area contributed by atoms with E-state index < -0.39 is 0 Å². The Kier molecular flexibility index (Phi) is 7.75. The van der Waals surface area contributed by atoms with Crippen LogP contribution in [0.25, 0.3) is 0 Å². The van der Waals surface area contributed by atoms with Crippen molar-refractivity contribution in [2.24, 2.45) is 0 Å². The minimum atomic E-state index is -0.269. The smallest absolute Gasteiger partial charge is 0.0792 e. The minimum absolute atomic E-state index is 0.269. The molecule has 0 radical (unpaired) electrons. The van der Waals surface area contributed by atoms with Crippen molar-refractivity contribution < 1.29 is 5.11 Å². The van der Waals surface area contributed by atoms with Crippen LogP contribution in [0.2, 0.25) is 0 Å². The van der Waals surface area contributed by atoms with Crippen molar-refractivity contribution in [1.29, 1.82) is 0 Å². The average Bonchev–Trinajstić information content (AvgIpc) is 2.40. The third-order valence-corrected chi connectivity index (χ3v) is 3.54. The van der Waals surface area contributed by atoms with Crippen molar-refractivity contribution in [3.63, 3.8) is 0 Å². The molecule has 1 aromatic carbocycles. The van der Waals surface area contributed by atoms with Gasteiger partial charge in [0.15, 0.2) is 0 Å². The Hall–Kier alpha value is -0.820. The zero-order valence-corrected chi connectivity index (χ0v) is 12.0. The Morgan fingerprint density at radius 1 is 0.944 bits per heavy atom. The molecular weight excluding hydrogens is 220 g/mol. The third-order valence-electron chi connectivity index (χ3n) is 3.54. The van der Waals surface area contributed by atoms with E-state index in [1.165, 1.54) is 37.7 Å². The van der Waals surface area contributed by atoms with Crippen molar-refractivity contribution in [3.05, 3.63) is 35.4 Å². The molecule has 18 heavy (non-hydrogen) atoms. The largest absolute Gasteiger partial charge is 0.388 e. The van der Waals surface area contributed by atoms with Gasteiger partial charge in [-0.25, -0.2) is 0 Å². The number of unbranched alkanes of at least 4 members (excludes halogenated alkanes) is 4. The van der Waals surface area contributed by atoms with Crippen molar-refractivity contribution in [3.8, 4) is 0 Å². The van der Waals surface area contributed by atoms with Crippen LogP contribution in [0.15, 0.2) is 24.3 Å². The molecule has 0 aromatic heterocycles. The molecule has 1 nitrogen and oxygen atoms in total. The first-order valence-corrected chi connectivity index (χ1v) is 7.55. The lowest BCUT2D eigenvalue weighted by Gasteiger charge is -2.15. The van der Waals surface area contributed by atoms with Crippen molar-refractivity contribution in [1.82, 2.24) is 0 Å². The Balaban J connectivity index is 2.56. The number of hydrogen-bond acceptors (Lipinski definition) is 1. The van der Waals surface area contributed by atoms with E-state index in [2.05, 4.69) is 32.0 Å². The molecular formula is C17H28O. The van der Waals surface area contributed by atoms with Gasteiger partial charge in [0.05, 0.1) is 6.10 Å². The van der Waals surface area contributed by atoms with Gasteiger partial charge in [0, 0.05) is 0 Å². The average molecular weight is 248 g/mol. The zero-order chi connectivity index (χ0) is 13.2. The molecule has 0 saturated heterocycles. The molecule has 1 atom stereocenters. The first kappa shape index (κ1) is 15.2. The van der Waals surface area contributed by atoms with Crippen molar-refractivity contribution in [2.75, 3.05) is 0 Å². The topological polar surface area (TPSA) is 20.2 Å². The van der Waals surface area contributed by atoms with Crippen LogP contribution in [-0.4, -0.2) is 5.11 Å². The maximum atomic E-state index is 10.3. The fraction of sp³-hybridized carbons (Fsp3) is 0.647. The van der Waals surface area contributed by atoms with Gasteiger partial charge in [0.25, 0.3) is 0 Å². The summed E-state index contributed by atoms with van der Waals surface area (Å²) in [5.41, 5.74) is 2.50. The molecule has 0 amide bonds. The molecule has 102 valence electrons. The van der Waals surface area contributed by atoms with Gasteiger partial charge in [-0.15, -0.1) is 0 Å². The van der Waals surface area contributed by atoms with Crippen LogP contribution in [0, 0.1) is 0 Å². The zero-order valence-electron chi connectivity index (χ0n) is 12.0. The minimum Gasteiger partial charge on any atom is -0.388 e. The molecule has 0 aliphatic carbocycles. The third kappa shape index (κ3) is 5.22. The molecule has 0 heterocycles. The van der Waals surface area contributed by atoms with Crippen LogP contribution in [0.1, 0.15) is 76.0 Å². The summed E-state index contributed by atoms with van der Waals surface area (Å²) in [7, 11) is 0. The van der Waals surface area contributed by atoms with E-state index in [0.29, 0.717) is 0 Å². The summed E-state index contributed by atoms with van der Waals surface area (Å²) in [6, 6.07) is 8.40. The Labute approximate surface area is 112 Å². The van der Waals surface area contributed by atoms with Gasteiger partial charge < -0.3 is 5.11 Å². The fourth-order valence-corrected chi connectivity index (χ4v) is 2.40. The highest BCUT2D eigenvalue weighted by Gasteiger charge is 2.11. The van der Waals surface area contributed by atoms with Gasteiger partial charge in [-0.3, -0.25) is 0 Å². The highest BCUT2D eigenvalue weighted by atomic mass is 16.3. The number of aryl methyl sites for hydroxylation is 1. The van der Waals surface area contributed by atoms with Crippen LogP contribution in [-0.2, 0) is 6.42 Å².